The van der Waals surface area contributed by atoms with Gasteiger partial charge in [0.05, 0.1) is 12.2 Å². The molecule has 0 atom stereocenters. The maximum atomic E-state index is 5.87. The summed E-state index contributed by atoms with van der Waals surface area (Å²) in [7, 11) is 0. The normalized spacial score (nSPS) is 9.94. The SMILES string of the molecule is CCCN(Oc1ccccc1)c1ccccc1. The standard InChI is InChI=1S/C15H17NO/c1-2-13-16(14-9-5-3-6-10-14)17-15-11-7-4-8-12-15/h3-12H,2,13H2,1H3. The maximum Gasteiger partial charge on any atom is 0.155 e. The van der Waals surface area contributed by atoms with E-state index < -0.39 is 0 Å². The number of rotatable bonds is 5. The van der Waals surface area contributed by atoms with Crippen molar-refractivity contribution in [2.45, 2.75) is 13.3 Å². The zero-order valence-corrected chi connectivity index (χ0v) is 10.0. The van der Waals surface area contributed by atoms with Gasteiger partial charge in [-0.3, -0.25) is 0 Å². The predicted octanol–water partition coefficient (Wildman–Crippen LogP) is 3.90. The number of anilines is 1. The van der Waals surface area contributed by atoms with Gasteiger partial charge < -0.3 is 4.84 Å². The van der Waals surface area contributed by atoms with Crippen molar-refractivity contribution in [1.29, 1.82) is 0 Å². The van der Waals surface area contributed by atoms with Gasteiger partial charge in [-0.15, -0.1) is 0 Å². The molecule has 0 saturated heterocycles. The molecule has 17 heavy (non-hydrogen) atoms. The Morgan fingerprint density at radius 2 is 1.47 bits per heavy atom. The highest BCUT2D eigenvalue weighted by Gasteiger charge is 2.06. The minimum atomic E-state index is 0.866. The summed E-state index contributed by atoms with van der Waals surface area (Å²) in [6.07, 6.45) is 1.04. The second kappa shape index (κ2) is 5.94. The van der Waals surface area contributed by atoms with Crippen molar-refractivity contribution in [1.82, 2.24) is 0 Å². The van der Waals surface area contributed by atoms with Crippen molar-refractivity contribution in [3.8, 4) is 5.75 Å². The first-order valence-electron chi connectivity index (χ1n) is 5.96. The maximum absolute atomic E-state index is 5.87. The Morgan fingerprint density at radius 3 is 2.06 bits per heavy atom. The van der Waals surface area contributed by atoms with Gasteiger partial charge in [-0.1, -0.05) is 43.3 Å². The Morgan fingerprint density at radius 1 is 0.882 bits per heavy atom. The number of hydrogen-bond donors (Lipinski definition) is 0. The second-order valence-electron chi connectivity index (χ2n) is 3.84. The number of nitrogens with zero attached hydrogens (tertiary/aromatic N) is 1. The molecule has 0 unspecified atom stereocenters. The van der Waals surface area contributed by atoms with Gasteiger partial charge in [0, 0.05) is 0 Å². The lowest BCUT2D eigenvalue weighted by Crippen LogP contribution is -2.27. The van der Waals surface area contributed by atoms with E-state index in [4.69, 9.17) is 4.84 Å². The summed E-state index contributed by atoms with van der Waals surface area (Å²) < 4.78 is 0. The largest absolute Gasteiger partial charge is 0.380 e. The van der Waals surface area contributed by atoms with Crippen LogP contribution in [0.2, 0.25) is 0 Å². The van der Waals surface area contributed by atoms with E-state index in [2.05, 4.69) is 19.1 Å². The molecular weight excluding hydrogens is 210 g/mol. The van der Waals surface area contributed by atoms with Crippen LogP contribution in [0.3, 0.4) is 0 Å². The molecule has 0 bridgehead atoms. The van der Waals surface area contributed by atoms with Gasteiger partial charge in [-0.2, -0.15) is 0 Å². The summed E-state index contributed by atoms with van der Waals surface area (Å²) in [5.41, 5.74) is 1.08. The van der Waals surface area contributed by atoms with Crippen LogP contribution in [0.5, 0.6) is 5.75 Å². The molecule has 0 spiro atoms. The molecule has 0 radical (unpaired) electrons. The average Bonchev–Trinajstić information content (AvgIpc) is 2.40. The third kappa shape index (κ3) is 3.25. The molecule has 0 saturated carbocycles. The van der Waals surface area contributed by atoms with E-state index >= 15 is 0 Å². The van der Waals surface area contributed by atoms with Gasteiger partial charge in [0.25, 0.3) is 0 Å². The van der Waals surface area contributed by atoms with Gasteiger partial charge in [0.15, 0.2) is 5.75 Å². The molecule has 0 aliphatic carbocycles. The summed E-state index contributed by atoms with van der Waals surface area (Å²) in [5.74, 6) is 0.866. The zero-order valence-electron chi connectivity index (χ0n) is 10.0. The Balaban J connectivity index is 2.13. The van der Waals surface area contributed by atoms with Crippen LogP contribution in [-0.4, -0.2) is 6.54 Å². The predicted molar refractivity (Wildman–Crippen MR) is 71.1 cm³/mol. The Labute approximate surface area is 102 Å². The lowest BCUT2D eigenvalue weighted by atomic mass is 10.3. The third-order valence-corrected chi connectivity index (χ3v) is 2.43. The van der Waals surface area contributed by atoms with Crippen molar-refractivity contribution in [2.75, 3.05) is 11.6 Å². The minimum Gasteiger partial charge on any atom is -0.380 e. The van der Waals surface area contributed by atoms with Gasteiger partial charge in [-0.05, 0) is 30.7 Å². The van der Waals surface area contributed by atoms with Crippen molar-refractivity contribution >= 4 is 5.69 Å². The van der Waals surface area contributed by atoms with E-state index in [9.17, 15) is 0 Å². The topological polar surface area (TPSA) is 12.5 Å². The van der Waals surface area contributed by atoms with Crippen LogP contribution in [0.4, 0.5) is 5.69 Å². The van der Waals surface area contributed by atoms with Crippen molar-refractivity contribution in [2.24, 2.45) is 0 Å². The van der Waals surface area contributed by atoms with Gasteiger partial charge in [0.1, 0.15) is 0 Å². The molecule has 0 fully saturated rings. The lowest BCUT2D eigenvalue weighted by molar-refractivity contribution is 0.278. The smallest absolute Gasteiger partial charge is 0.155 e. The van der Waals surface area contributed by atoms with E-state index in [-0.39, 0.29) is 0 Å². The minimum absolute atomic E-state index is 0.866. The average molecular weight is 227 g/mol. The molecule has 2 heteroatoms. The number of benzene rings is 2. The van der Waals surface area contributed by atoms with E-state index in [1.54, 1.807) is 0 Å². The third-order valence-electron chi connectivity index (χ3n) is 2.43. The van der Waals surface area contributed by atoms with Crippen LogP contribution in [0, 0.1) is 0 Å². The fourth-order valence-corrected chi connectivity index (χ4v) is 1.63. The fourth-order valence-electron chi connectivity index (χ4n) is 1.63. The Kier molecular flexibility index (Phi) is 4.03. The molecule has 0 amide bonds. The highest BCUT2D eigenvalue weighted by molar-refractivity contribution is 5.44. The molecule has 2 aromatic rings. The van der Waals surface area contributed by atoms with Crippen LogP contribution in [0.15, 0.2) is 60.7 Å². The zero-order chi connectivity index (χ0) is 11.9. The van der Waals surface area contributed by atoms with Gasteiger partial charge in [-0.25, -0.2) is 5.06 Å². The van der Waals surface area contributed by atoms with E-state index in [0.717, 1.165) is 24.4 Å². The Hall–Kier alpha value is -1.96. The summed E-state index contributed by atoms with van der Waals surface area (Å²) in [5, 5.41) is 1.93. The number of hydroxylamine groups is 1. The molecule has 0 aromatic heterocycles. The first kappa shape index (κ1) is 11.5. The highest BCUT2D eigenvalue weighted by Crippen LogP contribution is 2.18. The lowest BCUT2D eigenvalue weighted by Gasteiger charge is -2.23. The quantitative estimate of drug-likeness (QED) is 0.718. The molecule has 0 aliphatic heterocycles. The number of para-hydroxylation sites is 2. The summed E-state index contributed by atoms with van der Waals surface area (Å²) >= 11 is 0. The second-order valence-corrected chi connectivity index (χ2v) is 3.84. The summed E-state index contributed by atoms with van der Waals surface area (Å²) in [4.78, 5) is 5.87. The van der Waals surface area contributed by atoms with E-state index in [1.807, 2.05) is 53.6 Å². The molecule has 2 aromatic carbocycles. The molecule has 88 valence electrons. The molecule has 0 heterocycles. The van der Waals surface area contributed by atoms with Crippen LogP contribution in [-0.2, 0) is 0 Å². The monoisotopic (exact) mass is 227 g/mol. The van der Waals surface area contributed by atoms with Crippen molar-refractivity contribution in [3.63, 3.8) is 0 Å². The summed E-state index contributed by atoms with van der Waals surface area (Å²) in [6, 6.07) is 20.0. The Bertz CT molecular complexity index is 427. The molecule has 2 rings (SSSR count). The molecule has 0 aliphatic rings. The van der Waals surface area contributed by atoms with Crippen LogP contribution < -0.4 is 9.90 Å². The molecular formula is C15H17NO. The van der Waals surface area contributed by atoms with Crippen molar-refractivity contribution < 1.29 is 4.84 Å². The van der Waals surface area contributed by atoms with Crippen LogP contribution >= 0.6 is 0 Å². The molecule has 2 nitrogen and oxygen atoms in total. The van der Waals surface area contributed by atoms with Gasteiger partial charge >= 0.3 is 0 Å². The van der Waals surface area contributed by atoms with Crippen LogP contribution in [0.25, 0.3) is 0 Å². The highest BCUT2D eigenvalue weighted by atomic mass is 16.7. The van der Waals surface area contributed by atoms with E-state index in [1.165, 1.54) is 0 Å². The number of hydrogen-bond acceptors (Lipinski definition) is 2. The molecule has 0 N–H and O–H groups in total. The first-order chi connectivity index (χ1) is 8.40. The van der Waals surface area contributed by atoms with Crippen LogP contribution in [0.1, 0.15) is 13.3 Å². The fraction of sp³-hybridized carbons (Fsp3) is 0.200. The summed E-state index contributed by atoms with van der Waals surface area (Å²) in [6.45, 7) is 3.02. The van der Waals surface area contributed by atoms with E-state index in [0.29, 0.717) is 0 Å². The van der Waals surface area contributed by atoms with Crippen molar-refractivity contribution in [3.05, 3.63) is 60.7 Å². The first-order valence-corrected chi connectivity index (χ1v) is 5.96. The van der Waals surface area contributed by atoms with Gasteiger partial charge in [0.2, 0.25) is 0 Å².